The number of fused-ring (bicyclic) bond motifs is 3. The average Bonchev–Trinajstić information content (AvgIpc) is 2.64. The topological polar surface area (TPSA) is 58.9 Å². The van der Waals surface area contributed by atoms with E-state index < -0.39 is 0 Å². The van der Waals surface area contributed by atoms with Crippen LogP contribution >= 0.6 is 11.3 Å². The molecule has 3 aromatic rings. The number of nitrogens with two attached hydrogens (primary N) is 1. The van der Waals surface area contributed by atoms with Crippen molar-refractivity contribution in [3.63, 3.8) is 0 Å². The first-order valence-electron chi connectivity index (χ1n) is 4.56. The van der Waals surface area contributed by atoms with Gasteiger partial charge in [0.2, 0.25) is 0 Å². The van der Waals surface area contributed by atoms with Gasteiger partial charge in [0.15, 0.2) is 0 Å². The van der Waals surface area contributed by atoms with Crippen molar-refractivity contribution in [2.75, 3.05) is 5.73 Å². The van der Waals surface area contributed by atoms with Crippen LogP contribution < -0.4 is 11.3 Å². The highest BCUT2D eigenvalue weighted by molar-refractivity contribution is 7.26. The molecule has 2 aromatic heterocycles. The number of nitrogens with one attached hydrogen (secondary N) is 1. The number of aromatic nitrogens is 1. The molecule has 0 saturated heterocycles. The van der Waals surface area contributed by atoms with Crippen LogP contribution in [0.2, 0.25) is 0 Å². The molecule has 15 heavy (non-hydrogen) atoms. The van der Waals surface area contributed by atoms with E-state index in [1.807, 2.05) is 24.3 Å². The Morgan fingerprint density at radius 1 is 1.27 bits per heavy atom. The molecule has 4 heteroatoms. The Balaban J connectivity index is 2.72. The third kappa shape index (κ3) is 1.08. The summed E-state index contributed by atoms with van der Waals surface area (Å²) in [7, 11) is 0. The SMILES string of the molecule is Nc1c[nH]c(=O)c2c1sc1ccccc12. The van der Waals surface area contributed by atoms with Crippen LogP contribution in [0.3, 0.4) is 0 Å². The Kier molecular flexibility index (Phi) is 1.61. The van der Waals surface area contributed by atoms with E-state index in [0.29, 0.717) is 11.1 Å². The highest BCUT2D eigenvalue weighted by atomic mass is 32.1. The van der Waals surface area contributed by atoms with Gasteiger partial charge in [0.05, 0.1) is 15.8 Å². The maximum Gasteiger partial charge on any atom is 0.257 e. The first-order valence-corrected chi connectivity index (χ1v) is 5.37. The number of H-pyrrole nitrogens is 1. The molecule has 3 N–H and O–H groups in total. The minimum absolute atomic E-state index is 0.0725. The summed E-state index contributed by atoms with van der Waals surface area (Å²) < 4.78 is 1.97. The minimum atomic E-state index is -0.0725. The number of nitrogen functional groups attached to an aromatic ring is 1. The van der Waals surface area contributed by atoms with Gasteiger partial charge in [-0.15, -0.1) is 11.3 Å². The van der Waals surface area contributed by atoms with Crippen molar-refractivity contribution in [2.24, 2.45) is 0 Å². The van der Waals surface area contributed by atoms with Crippen LogP contribution in [0, 0.1) is 0 Å². The van der Waals surface area contributed by atoms with Crippen LogP contribution in [-0.4, -0.2) is 4.98 Å². The fraction of sp³-hybridized carbons (Fsp3) is 0. The fourth-order valence-corrected chi connectivity index (χ4v) is 2.88. The van der Waals surface area contributed by atoms with Crippen molar-refractivity contribution < 1.29 is 0 Å². The van der Waals surface area contributed by atoms with Crippen molar-refractivity contribution in [1.29, 1.82) is 0 Å². The van der Waals surface area contributed by atoms with Gasteiger partial charge < -0.3 is 10.7 Å². The number of benzene rings is 1. The lowest BCUT2D eigenvalue weighted by Gasteiger charge is -1.93. The normalized spacial score (nSPS) is 11.2. The Labute approximate surface area is 89.2 Å². The molecule has 0 bridgehead atoms. The van der Waals surface area contributed by atoms with Gasteiger partial charge in [-0.05, 0) is 6.07 Å². The molecule has 0 atom stereocenters. The van der Waals surface area contributed by atoms with Gasteiger partial charge >= 0.3 is 0 Å². The first-order chi connectivity index (χ1) is 7.27. The van der Waals surface area contributed by atoms with Crippen LogP contribution in [0.4, 0.5) is 5.69 Å². The van der Waals surface area contributed by atoms with Crippen molar-refractivity contribution in [3.8, 4) is 0 Å². The van der Waals surface area contributed by atoms with Crippen LogP contribution in [0.1, 0.15) is 0 Å². The van der Waals surface area contributed by atoms with E-state index in [-0.39, 0.29) is 5.56 Å². The van der Waals surface area contributed by atoms with Crippen molar-refractivity contribution in [2.45, 2.75) is 0 Å². The van der Waals surface area contributed by atoms with Gasteiger partial charge in [0, 0.05) is 16.3 Å². The first kappa shape index (κ1) is 8.49. The number of hydrogen-bond donors (Lipinski definition) is 2. The standard InChI is InChI=1S/C11H8N2OS/c12-7-5-13-11(14)9-6-3-1-2-4-8(6)15-10(7)9/h1-5H,12H2,(H,13,14). The summed E-state index contributed by atoms with van der Waals surface area (Å²) in [6, 6.07) is 7.83. The summed E-state index contributed by atoms with van der Waals surface area (Å²) in [5, 5.41) is 1.68. The molecule has 0 aliphatic rings. The van der Waals surface area contributed by atoms with Crippen LogP contribution in [0.25, 0.3) is 20.2 Å². The number of aromatic amines is 1. The molecule has 3 nitrogen and oxygen atoms in total. The molecule has 0 radical (unpaired) electrons. The quantitative estimate of drug-likeness (QED) is 0.606. The van der Waals surface area contributed by atoms with Crippen LogP contribution in [-0.2, 0) is 0 Å². The number of anilines is 1. The van der Waals surface area contributed by atoms with Crippen LogP contribution in [0.15, 0.2) is 35.3 Å². The van der Waals surface area contributed by atoms with Crippen LogP contribution in [0.5, 0.6) is 0 Å². The number of thiophene rings is 1. The predicted molar refractivity (Wildman–Crippen MR) is 64.4 cm³/mol. The highest BCUT2D eigenvalue weighted by Gasteiger charge is 2.09. The lowest BCUT2D eigenvalue weighted by molar-refractivity contribution is 1.29. The largest absolute Gasteiger partial charge is 0.396 e. The molecule has 3 rings (SSSR count). The van der Waals surface area contributed by atoms with E-state index in [1.165, 1.54) is 0 Å². The number of pyridine rings is 1. The van der Waals surface area contributed by atoms with Gasteiger partial charge in [-0.2, -0.15) is 0 Å². The minimum Gasteiger partial charge on any atom is -0.396 e. The van der Waals surface area contributed by atoms with E-state index in [9.17, 15) is 4.79 Å². The second-order valence-corrected chi connectivity index (χ2v) is 4.43. The molecule has 0 aliphatic carbocycles. The molecule has 2 heterocycles. The van der Waals surface area contributed by atoms with Gasteiger partial charge in [0.1, 0.15) is 0 Å². The fourth-order valence-electron chi connectivity index (χ4n) is 1.76. The molecule has 0 fully saturated rings. The third-order valence-electron chi connectivity index (χ3n) is 2.44. The molecule has 0 saturated carbocycles. The molecule has 74 valence electrons. The summed E-state index contributed by atoms with van der Waals surface area (Å²) in [5.74, 6) is 0. The molecule has 0 aliphatic heterocycles. The van der Waals surface area contributed by atoms with Gasteiger partial charge in [-0.25, -0.2) is 0 Å². The second-order valence-electron chi connectivity index (χ2n) is 3.38. The monoisotopic (exact) mass is 216 g/mol. The van der Waals surface area contributed by atoms with E-state index in [1.54, 1.807) is 17.5 Å². The average molecular weight is 216 g/mol. The molecule has 0 amide bonds. The molecule has 0 unspecified atom stereocenters. The summed E-state index contributed by atoms with van der Waals surface area (Å²) in [6.07, 6.45) is 1.56. The van der Waals surface area contributed by atoms with Crippen molar-refractivity contribution in [3.05, 3.63) is 40.8 Å². The number of hydrogen-bond acceptors (Lipinski definition) is 3. The van der Waals surface area contributed by atoms with E-state index >= 15 is 0 Å². The van der Waals surface area contributed by atoms with E-state index in [2.05, 4.69) is 4.98 Å². The Bertz CT molecular complexity index is 711. The summed E-state index contributed by atoms with van der Waals surface area (Å²) >= 11 is 1.56. The predicted octanol–water partition coefficient (Wildman–Crippen LogP) is 2.33. The highest BCUT2D eigenvalue weighted by Crippen LogP contribution is 2.33. The Morgan fingerprint density at radius 2 is 2.07 bits per heavy atom. The number of rotatable bonds is 0. The maximum absolute atomic E-state index is 11.7. The molecule has 1 aromatic carbocycles. The summed E-state index contributed by atoms with van der Waals surface area (Å²) in [5.41, 5.74) is 6.39. The smallest absolute Gasteiger partial charge is 0.257 e. The Hall–Kier alpha value is -1.81. The summed E-state index contributed by atoms with van der Waals surface area (Å²) in [4.78, 5) is 14.3. The van der Waals surface area contributed by atoms with Gasteiger partial charge in [0.25, 0.3) is 5.56 Å². The third-order valence-corrected chi connectivity index (χ3v) is 3.66. The van der Waals surface area contributed by atoms with Gasteiger partial charge in [-0.1, -0.05) is 18.2 Å². The second kappa shape index (κ2) is 2.84. The van der Waals surface area contributed by atoms with Crippen molar-refractivity contribution in [1.82, 2.24) is 4.98 Å². The van der Waals surface area contributed by atoms with Crippen molar-refractivity contribution >= 4 is 37.2 Å². The lowest BCUT2D eigenvalue weighted by atomic mass is 10.2. The van der Waals surface area contributed by atoms with Gasteiger partial charge in [-0.3, -0.25) is 4.79 Å². The van der Waals surface area contributed by atoms with E-state index in [4.69, 9.17) is 5.73 Å². The summed E-state index contributed by atoms with van der Waals surface area (Å²) in [6.45, 7) is 0. The lowest BCUT2D eigenvalue weighted by Crippen LogP contribution is -2.05. The Morgan fingerprint density at radius 3 is 2.93 bits per heavy atom. The molecular weight excluding hydrogens is 208 g/mol. The molecule has 0 spiro atoms. The van der Waals surface area contributed by atoms with E-state index in [0.717, 1.165) is 14.8 Å². The molecular formula is C11H8N2OS. The maximum atomic E-state index is 11.7. The zero-order chi connectivity index (χ0) is 10.4. The zero-order valence-corrected chi connectivity index (χ0v) is 8.60. The zero-order valence-electron chi connectivity index (χ0n) is 7.78.